The van der Waals surface area contributed by atoms with E-state index in [0.717, 1.165) is 16.9 Å². The van der Waals surface area contributed by atoms with Crippen molar-refractivity contribution in [3.63, 3.8) is 0 Å². The number of hydrogen-bond donors (Lipinski definition) is 2. The van der Waals surface area contributed by atoms with E-state index in [2.05, 4.69) is 25.6 Å². The molecule has 3 aromatic rings. The number of pyridine rings is 1. The summed E-state index contributed by atoms with van der Waals surface area (Å²) in [6.07, 6.45) is 7.09. The van der Waals surface area contributed by atoms with Crippen molar-refractivity contribution in [2.45, 2.75) is 25.8 Å². The summed E-state index contributed by atoms with van der Waals surface area (Å²) < 4.78 is 15.2. The van der Waals surface area contributed by atoms with Crippen LogP contribution in [0, 0.1) is 5.82 Å². The van der Waals surface area contributed by atoms with Crippen molar-refractivity contribution in [2.75, 3.05) is 13.6 Å². The van der Waals surface area contributed by atoms with Gasteiger partial charge in [0.05, 0.1) is 0 Å². The Morgan fingerprint density at radius 2 is 2.07 bits per heavy atom. The maximum atomic E-state index is 13.3. The number of hydrogen-bond acceptors (Lipinski definition) is 3. The molecule has 0 aliphatic rings. The second-order valence-corrected chi connectivity index (χ2v) is 7.69. The van der Waals surface area contributed by atoms with Gasteiger partial charge in [0, 0.05) is 49.2 Å². The molecule has 2 heterocycles. The van der Waals surface area contributed by atoms with E-state index in [4.69, 9.17) is 11.6 Å². The van der Waals surface area contributed by atoms with Crippen LogP contribution in [0.5, 0.6) is 0 Å². The highest BCUT2D eigenvalue weighted by Gasteiger charge is 2.24. The van der Waals surface area contributed by atoms with Crippen molar-refractivity contribution in [1.82, 2.24) is 25.2 Å². The van der Waals surface area contributed by atoms with E-state index in [1.54, 1.807) is 25.6 Å². The Bertz CT molecular complexity index is 967. The van der Waals surface area contributed by atoms with Crippen LogP contribution < -0.4 is 10.6 Å². The lowest BCUT2D eigenvalue weighted by atomic mass is 9.84. The van der Waals surface area contributed by atoms with Gasteiger partial charge in [0.2, 0.25) is 0 Å². The van der Waals surface area contributed by atoms with Crippen molar-refractivity contribution in [3.05, 3.63) is 77.2 Å². The van der Waals surface area contributed by atoms with Crippen LogP contribution in [0.1, 0.15) is 25.0 Å². The molecule has 0 saturated heterocycles. The lowest BCUT2D eigenvalue weighted by Crippen LogP contribution is -2.43. The van der Waals surface area contributed by atoms with Crippen LogP contribution in [0.2, 0.25) is 5.02 Å². The Morgan fingerprint density at radius 1 is 1.24 bits per heavy atom. The summed E-state index contributed by atoms with van der Waals surface area (Å²) in [4.78, 5) is 12.7. The summed E-state index contributed by atoms with van der Waals surface area (Å²) >= 11 is 6.23. The van der Waals surface area contributed by atoms with Crippen molar-refractivity contribution in [3.8, 4) is 5.82 Å². The smallest absolute Gasteiger partial charge is 0.191 e. The first-order valence-corrected chi connectivity index (χ1v) is 9.60. The van der Waals surface area contributed by atoms with E-state index in [0.29, 0.717) is 24.1 Å². The zero-order chi connectivity index (χ0) is 20.9. The van der Waals surface area contributed by atoms with Gasteiger partial charge in [-0.05, 0) is 29.3 Å². The van der Waals surface area contributed by atoms with Crippen LogP contribution in [0.15, 0.2) is 60.2 Å². The van der Waals surface area contributed by atoms with E-state index in [1.165, 1.54) is 12.1 Å². The Morgan fingerprint density at radius 3 is 2.69 bits per heavy atom. The highest BCUT2D eigenvalue weighted by molar-refractivity contribution is 6.31. The molecule has 1 aromatic carbocycles. The molecule has 0 bridgehead atoms. The fraction of sp³-hybridized carbons (Fsp3) is 0.286. The molecule has 0 atom stereocenters. The molecule has 152 valence electrons. The topological polar surface area (TPSA) is 67.1 Å². The lowest BCUT2D eigenvalue weighted by molar-refractivity contribution is 0.507. The fourth-order valence-electron chi connectivity index (χ4n) is 2.91. The average Bonchev–Trinajstić information content (AvgIpc) is 3.23. The summed E-state index contributed by atoms with van der Waals surface area (Å²) in [7, 11) is 1.72. The van der Waals surface area contributed by atoms with E-state index in [-0.39, 0.29) is 11.2 Å². The summed E-state index contributed by atoms with van der Waals surface area (Å²) in [6, 6.07) is 8.44. The molecule has 0 fully saturated rings. The van der Waals surface area contributed by atoms with E-state index in [1.807, 2.05) is 42.9 Å². The fourth-order valence-corrected chi connectivity index (χ4v) is 3.34. The predicted molar refractivity (Wildman–Crippen MR) is 114 cm³/mol. The minimum atomic E-state index is -0.340. The van der Waals surface area contributed by atoms with Crippen LogP contribution in [-0.2, 0) is 12.0 Å². The number of rotatable bonds is 6. The normalized spacial score (nSPS) is 12.1. The van der Waals surface area contributed by atoms with Crippen LogP contribution in [0.4, 0.5) is 4.39 Å². The molecular weight excluding hydrogens is 391 g/mol. The van der Waals surface area contributed by atoms with Gasteiger partial charge >= 0.3 is 0 Å². The predicted octanol–water partition coefficient (Wildman–Crippen LogP) is 3.70. The number of guanidine groups is 1. The third-order valence-corrected chi connectivity index (χ3v) is 4.93. The maximum Gasteiger partial charge on any atom is 0.191 e. The minimum Gasteiger partial charge on any atom is -0.356 e. The number of benzene rings is 1. The first kappa shape index (κ1) is 20.8. The van der Waals surface area contributed by atoms with Gasteiger partial charge in [0.25, 0.3) is 0 Å². The SMILES string of the molecule is CN=C(NCc1ccc(-n2ccnc2)nc1)NCC(C)(C)c1ccc(F)cc1Cl. The zero-order valence-electron chi connectivity index (χ0n) is 16.7. The number of aromatic nitrogens is 3. The molecular formula is C21H24ClFN6. The van der Waals surface area contributed by atoms with Gasteiger partial charge in [-0.3, -0.25) is 9.56 Å². The molecule has 8 heteroatoms. The molecule has 6 nitrogen and oxygen atoms in total. The highest BCUT2D eigenvalue weighted by Crippen LogP contribution is 2.29. The number of imidazole rings is 1. The van der Waals surface area contributed by atoms with Gasteiger partial charge < -0.3 is 10.6 Å². The monoisotopic (exact) mass is 414 g/mol. The first-order chi connectivity index (χ1) is 13.9. The molecule has 0 amide bonds. The Balaban J connectivity index is 1.56. The quantitative estimate of drug-likeness (QED) is 0.476. The Hall–Kier alpha value is -2.93. The minimum absolute atomic E-state index is 0.309. The number of nitrogens with zero attached hydrogens (tertiary/aromatic N) is 4. The van der Waals surface area contributed by atoms with Crippen LogP contribution >= 0.6 is 11.6 Å². The van der Waals surface area contributed by atoms with Gasteiger partial charge in [-0.2, -0.15) is 0 Å². The Labute approximate surface area is 174 Å². The standard InChI is InChI=1S/C21H24ClFN6/c1-21(2,17-6-5-16(23)10-18(17)22)13-28-20(24-3)27-12-15-4-7-19(26-11-15)29-9-8-25-14-29/h4-11,14H,12-13H2,1-3H3,(H2,24,27,28). The zero-order valence-corrected chi connectivity index (χ0v) is 17.4. The third-order valence-electron chi connectivity index (χ3n) is 4.62. The second-order valence-electron chi connectivity index (χ2n) is 7.28. The van der Waals surface area contributed by atoms with Crippen molar-refractivity contribution < 1.29 is 4.39 Å². The first-order valence-electron chi connectivity index (χ1n) is 9.22. The molecule has 2 N–H and O–H groups in total. The molecule has 0 radical (unpaired) electrons. The number of aliphatic imine (C=N–C) groups is 1. The number of halogens is 2. The van der Waals surface area contributed by atoms with Gasteiger partial charge in [-0.1, -0.05) is 37.6 Å². The summed E-state index contributed by atoms with van der Waals surface area (Å²) in [5, 5.41) is 7.00. The second kappa shape index (κ2) is 9.05. The van der Waals surface area contributed by atoms with Crippen molar-refractivity contribution >= 4 is 17.6 Å². The van der Waals surface area contributed by atoms with E-state index in [9.17, 15) is 4.39 Å². The van der Waals surface area contributed by atoms with Crippen LogP contribution in [0.3, 0.4) is 0 Å². The Kier molecular flexibility index (Phi) is 6.49. The molecule has 0 unspecified atom stereocenters. The average molecular weight is 415 g/mol. The maximum absolute atomic E-state index is 13.3. The molecule has 0 aliphatic carbocycles. The summed E-state index contributed by atoms with van der Waals surface area (Å²) in [5.74, 6) is 1.13. The summed E-state index contributed by atoms with van der Waals surface area (Å²) in [5.41, 5.74) is 1.59. The van der Waals surface area contributed by atoms with Gasteiger partial charge in [-0.25, -0.2) is 14.4 Å². The highest BCUT2D eigenvalue weighted by atomic mass is 35.5. The van der Waals surface area contributed by atoms with Gasteiger partial charge in [-0.15, -0.1) is 0 Å². The van der Waals surface area contributed by atoms with Gasteiger partial charge in [0.1, 0.15) is 18.0 Å². The lowest BCUT2D eigenvalue weighted by Gasteiger charge is -2.27. The largest absolute Gasteiger partial charge is 0.356 e. The van der Waals surface area contributed by atoms with Crippen molar-refractivity contribution in [2.24, 2.45) is 4.99 Å². The molecule has 29 heavy (non-hydrogen) atoms. The van der Waals surface area contributed by atoms with Crippen molar-refractivity contribution in [1.29, 1.82) is 0 Å². The summed E-state index contributed by atoms with van der Waals surface area (Å²) in [6.45, 7) is 5.25. The third kappa shape index (κ3) is 5.32. The molecule has 3 rings (SSSR count). The van der Waals surface area contributed by atoms with E-state index >= 15 is 0 Å². The van der Waals surface area contributed by atoms with Crippen LogP contribution in [0.25, 0.3) is 5.82 Å². The number of nitrogens with one attached hydrogen (secondary N) is 2. The molecule has 0 aliphatic heterocycles. The van der Waals surface area contributed by atoms with E-state index < -0.39 is 0 Å². The van der Waals surface area contributed by atoms with Crippen LogP contribution in [-0.4, -0.2) is 34.1 Å². The van der Waals surface area contributed by atoms with Gasteiger partial charge in [0.15, 0.2) is 5.96 Å². The molecule has 2 aromatic heterocycles. The molecule has 0 saturated carbocycles. The molecule has 0 spiro atoms.